The molecule has 1 aliphatic carbocycles. The molecule has 0 amide bonds. The smallest absolute Gasteiger partial charge is 0.322 e. The number of Topliss-reactive ketones (excluding diaryl/α,β-unsaturated/α-hetero) is 1. The molecular formula is C16H19NO3S. The number of benzene rings is 1. The first-order valence-electron chi connectivity index (χ1n) is 7.36. The van der Waals surface area contributed by atoms with Crippen molar-refractivity contribution in [3.63, 3.8) is 0 Å². The molecule has 0 aromatic heterocycles. The van der Waals surface area contributed by atoms with Crippen LogP contribution in [0.15, 0.2) is 24.3 Å². The summed E-state index contributed by atoms with van der Waals surface area (Å²) in [6.07, 6.45) is 3.06. The molecule has 0 saturated carbocycles. The number of carboxylic acid groups (broad SMARTS) is 1. The van der Waals surface area contributed by atoms with Crippen molar-refractivity contribution in [1.82, 2.24) is 4.31 Å². The Morgan fingerprint density at radius 1 is 1.19 bits per heavy atom. The van der Waals surface area contributed by atoms with E-state index in [1.165, 1.54) is 15.4 Å². The molecule has 3 atom stereocenters. The van der Waals surface area contributed by atoms with E-state index in [9.17, 15) is 14.7 Å². The van der Waals surface area contributed by atoms with Gasteiger partial charge in [0.1, 0.15) is 11.8 Å². The molecule has 2 unspecified atom stereocenters. The molecule has 0 radical (unpaired) electrons. The van der Waals surface area contributed by atoms with Gasteiger partial charge < -0.3 is 5.11 Å². The van der Waals surface area contributed by atoms with Crippen molar-refractivity contribution in [1.29, 1.82) is 0 Å². The number of thiol groups is 1. The monoisotopic (exact) mass is 305 g/mol. The van der Waals surface area contributed by atoms with Gasteiger partial charge in [-0.3, -0.25) is 9.59 Å². The van der Waals surface area contributed by atoms with Crippen molar-refractivity contribution in [2.45, 2.75) is 31.7 Å². The summed E-state index contributed by atoms with van der Waals surface area (Å²) in [5.74, 6) is -1.31. The van der Waals surface area contributed by atoms with E-state index in [-0.39, 0.29) is 11.7 Å². The zero-order chi connectivity index (χ0) is 15.0. The molecule has 1 fully saturated rings. The first-order valence-corrected chi connectivity index (χ1v) is 7.76. The topological polar surface area (TPSA) is 57.6 Å². The van der Waals surface area contributed by atoms with Crippen LogP contribution < -0.4 is 0 Å². The summed E-state index contributed by atoms with van der Waals surface area (Å²) in [6, 6.07) is 7.43. The molecule has 1 aliphatic heterocycles. The fourth-order valence-corrected chi connectivity index (χ4v) is 3.99. The highest BCUT2D eigenvalue weighted by Crippen LogP contribution is 2.33. The summed E-state index contributed by atoms with van der Waals surface area (Å²) in [5, 5.41) is 9.32. The third-order valence-corrected chi connectivity index (χ3v) is 5.19. The van der Waals surface area contributed by atoms with Gasteiger partial charge in [0.05, 0.1) is 0 Å². The number of carbonyl (C=O) groups excluding carboxylic acids is 1. The molecule has 21 heavy (non-hydrogen) atoms. The molecule has 1 N–H and O–H groups in total. The van der Waals surface area contributed by atoms with Crippen LogP contribution in [0.3, 0.4) is 0 Å². The average Bonchev–Trinajstić information content (AvgIpc) is 2.88. The van der Waals surface area contributed by atoms with Crippen molar-refractivity contribution in [2.24, 2.45) is 11.8 Å². The van der Waals surface area contributed by atoms with Gasteiger partial charge in [0.2, 0.25) is 0 Å². The molecule has 1 heterocycles. The van der Waals surface area contributed by atoms with E-state index in [1.807, 2.05) is 12.1 Å². The Kier molecular flexibility index (Phi) is 4.04. The van der Waals surface area contributed by atoms with Crippen molar-refractivity contribution in [2.75, 3.05) is 6.54 Å². The summed E-state index contributed by atoms with van der Waals surface area (Å²) >= 11 is 4.19. The lowest BCUT2D eigenvalue weighted by molar-refractivity contribution is -0.145. The maximum atomic E-state index is 12.7. The molecule has 0 spiro atoms. The van der Waals surface area contributed by atoms with Gasteiger partial charge in [0.15, 0.2) is 0 Å². The van der Waals surface area contributed by atoms with Crippen LogP contribution in [0.5, 0.6) is 0 Å². The Bertz CT molecular complexity index is 574. The number of aryl methyl sites for hydroxylation is 1. The van der Waals surface area contributed by atoms with Crippen LogP contribution in [0.2, 0.25) is 0 Å². The summed E-state index contributed by atoms with van der Waals surface area (Å²) in [6.45, 7) is 0.555. The maximum absolute atomic E-state index is 12.7. The summed E-state index contributed by atoms with van der Waals surface area (Å²) in [7, 11) is 0. The van der Waals surface area contributed by atoms with Crippen LogP contribution in [0, 0.1) is 11.8 Å². The molecule has 2 aliphatic rings. The summed E-state index contributed by atoms with van der Waals surface area (Å²) in [4.78, 5) is 24.1. The molecule has 4 nitrogen and oxygen atoms in total. The van der Waals surface area contributed by atoms with Crippen LogP contribution in [0.1, 0.15) is 24.0 Å². The molecule has 1 aromatic rings. The first-order chi connectivity index (χ1) is 10.1. The molecular weight excluding hydrogens is 286 g/mol. The van der Waals surface area contributed by atoms with E-state index < -0.39 is 17.9 Å². The minimum atomic E-state index is -0.947. The van der Waals surface area contributed by atoms with E-state index in [0.717, 1.165) is 19.3 Å². The van der Waals surface area contributed by atoms with Crippen molar-refractivity contribution >= 4 is 24.6 Å². The van der Waals surface area contributed by atoms with Crippen LogP contribution >= 0.6 is 12.8 Å². The highest BCUT2D eigenvalue weighted by molar-refractivity contribution is 7.77. The largest absolute Gasteiger partial charge is 0.480 e. The standard InChI is InChI=1S/C16H19NO3S/c18-15(13-7-8-17(21)14(13)16(19)20)12-6-5-10-3-1-2-4-11(10)9-12/h1-4,12-14,21H,5-9H2,(H,19,20)/t12?,13?,14-/m0/s1. The van der Waals surface area contributed by atoms with E-state index in [0.29, 0.717) is 13.0 Å². The maximum Gasteiger partial charge on any atom is 0.322 e. The number of nitrogens with zero attached hydrogens (tertiary/aromatic N) is 1. The Labute approximate surface area is 129 Å². The normalized spacial score (nSPS) is 29.1. The van der Waals surface area contributed by atoms with Gasteiger partial charge >= 0.3 is 5.97 Å². The van der Waals surface area contributed by atoms with E-state index in [1.54, 1.807) is 0 Å². The molecule has 3 rings (SSSR count). The van der Waals surface area contributed by atoms with E-state index >= 15 is 0 Å². The zero-order valence-electron chi connectivity index (χ0n) is 11.7. The molecule has 5 heteroatoms. The number of hydrogen-bond donors (Lipinski definition) is 2. The number of hydrogen-bond acceptors (Lipinski definition) is 4. The number of ketones is 1. The van der Waals surface area contributed by atoms with Crippen LogP contribution in [0.4, 0.5) is 0 Å². The summed E-state index contributed by atoms with van der Waals surface area (Å²) in [5.41, 5.74) is 2.55. The van der Waals surface area contributed by atoms with Gasteiger partial charge in [-0.1, -0.05) is 37.1 Å². The Balaban J connectivity index is 1.76. The lowest BCUT2D eigenvalue weighted by atomic mass is 9.77. The van der Waals surface area contributed by atoms with Gasteiger partial charge in [0, 0.05) is 18.4 Å². The average molecular weight is 305 g/mol. The predicted molar refractivity (Wildman–Crippen MR) is 82.2 cm³/mol. The summed E-state index contributed by atoms with van der Waals surface area (Å²) < 4.78 is 1.49. The second kappa shape index (κ2) is 5.81. The highest BCUT2D eigenvalue weighted by Gasteiger charge is 2.44. The Morgan fingerprint density at radius 3 is 2.62 bits per heavy atom. The molecule has 1 saturated heterocycles. The minimum Gasteiger partial charge on any atom is -0.480 e. The van der Waals surface area contributed by atoms with Gasteiger partial charge in [-0.2, -0.15) is 0 Å². The minimum absolute atomic E-state index is 0.0495. The molecule has 1 aromatic carbocycles. The van der Waals surface area contributed by atoms with Crippen LogP contribution in [-0.2, 0) is 22.4 Å². The number of carboxylic acids is 1. The highest BCUT2D eigenvalue weighted by atomic mass is 32.1. The first kappa shape index (κ1) is 14.6. The van der Waals surface area contributed by atoms with E-state index in [4.69, 9.17) is 0 Å². The fourth-order valence-electron chi connectivity index (χ4n) is 3.62. The van der Waals surface area contributed by atoms with E-state index in [2.05, 4.69) is 24.9 Å². The second-order valence-corrected chi connectivity index (χ2v) is 6.47. The molecule has 112 valence electrons. The number of rotatable bonds is 3. The lowest BCUT2D eigenvalue weighted by Crippen LogP contribution is -2.40. The quantitative estimate of drug-likeness (QED) is 0.839. The van der Waals surface area contributed by atoms with Gasteiger partial charge in [-0.05, 0) is 36.8 Å². The predicted octanol–water partition coefficient (Wildman–Crippen LogP) is 1.98. The Morgan fingerprint density at radius 2 is 1.90 bits per heavy atom. The SMILES string of the molecule is O=C(C1CCc2ccccc2C1)C1CCN(S)[C@@H]1C(=O)O. The lowest BCUT2D eigenvalue weighted by Gasteiger charge is -2.27. The zero-order valence-corrected chi connectivity index (χ0v) is 12.6. The van der Waals surface area contributed by atoms with Crippen molar-refractivity contribution < 1.29 is 14.7 Å². The third kappa shape index (κ3) is 2.72. The number of aliphatic carboxylic acids is 1. The number of carbonyl (C=O) groups is 2. The van der Waals surface area contributed by atoms with Gasteiger partial charge in [-0.15, -0.1) is 0 Å². The fraction of sp³-hybridized carbons (Fsp3) is 0.500. The Hall–Kier alpha value is -1.33. The van der Waals surface area contributed by atoms with Crippen LogP contribution in [-0.4, -0.2) is 33.8 Å². The van der Waals surface area contributed by atoms with Crippen molar-refractivity contribution in [3.8, 4) is 0 Å². The molecule has 0 bridgehead atoms. The van der Waals surface area contributed by atoms with Gasteiger partial charge in [0.25, 0.3) is 0 Å². The number of fused-ring (bicyclic) bond motifs is 1. The third-order valence-electron chi connectivity index (χ3n) is 4.74. The van der Waals surface area contributed by atoms with Crippen molar-refractivity contribution in [3.05, 3.63) is 35.4 Å². The second-order valence-electron chi connectivity index (χ2n) is 5.95. The van der Waals surface area contributed by atoms with Gasteiger partial charge in [-0.25, -0.2) is 4.31 Å². The van der Waals surface area contributed by atoms with Crippen LogP contribution in [0.25, 0.3) is 0 Å².